The second kappa shape index (κ2) is 5.75. The highest BCUT2D eigenvalue weighted by molar-refractivity contribution is 6.63. The molecule has 0 N–H and O–H groups in total. The number of carbonyl (C=O) groups is 2. The molecule has 0 aromatic rings. The summed E-state index contributed by atoms with van der Waals surface area (Å²) in [7, 11) is 0. The summed E-state index contributed by atoms with van der Waals surface area (Å²) in [5.41, 5.74) is 0. The van der Waals surface area contributed by atoms with E-state index in [1.165, 1.54) is 6.08 Å². The van der Waals surface area contributed by atoms with E-state index in [0.29, 0.717) is 6.54 Å². The SMILES string of the molecule is C=CC(=O)N(CCC(=O)Cl)C(C)C. The van der Waals surface area contributed by atoms with Gasteiger partial charge in [-0.1, -0.05) is 6.58 Å². The fourth-order valence-electron chi connectivity index (χ4n) is 0.948. The van der Waals surface area contributed by atoms with E-state index < -0.39 is 5.24 Å². The number of hydrogen-bond acceptors (Lipinski definition) is 2. The molecular weight excluding hydrogens is 190 g/mol. The zero-order valence-electron chi connectivity index (χ0n) is 7.92. The highest BCUT2D eigenvalue weighted by Gasteiger charge is 2.14. The highest BCUT2D eigenvalue weighted by Crippen LogP contribution is 2.02. The summed E-state index contributed by atoms with van der Waals surface area (Å²) in [5, 5.41) is -0.428. The second-order valence-corrected chi connectivity index (χ2v) is 3.36. The number of rotatable bonds is 5. The summed E-state index contributed by atoms with van der Waals surface area (Å²) in [6, 6.07) is 0.0570. The Morgan fingerprint density at radius 3 is 2.38 bits per heavy atom. The minimum Gasteiger partial charge on any atom is -0.336 e. The molecule has 0 fully saturated rings. The van der Waals surface area contributed by atoms with E-state index in [1.807, 2.05) is 13.8 Å². The predicted octanol–water partition coefficient (Wildman–Crippen LogP) is 1.56. The third kappa shape index (κ3) is 4.68. The molecule has 4 heteroatoms. The van der Waals surface area contributed by atoms with E-state index in [-0.39, 0.29) is 18.4 Å². The van der Waals surface area contributed by atoms with Crippen LogP contribution < -0.4 is 0 Å². The first-order valence-electron chi connectivity index (χ1n) is 4.10. The molecule has 0 saturated heterocycles. The van der Waals surface area contributed by atoms with Gasteiger partial charge in [0.25, 0.3) is 0 Å². The van der Waals surface area contributed by atoms with Crippen LogP contribution in [0.25, 0.3) is 0 Å². The van der Waals surface area contributed by atoms with E-state index in [9.17, 15) is 9.59 Å². The van der Waals surface area contributed by atoms with Crippen molar-refractivity contribution in [2.45, 2.75) is 26.3 Å². The lowest BCUT2D eigenvalue weighted by Crippen LogP contribution is -2.36. The monoisotopic (exact) mass is 203 g/mol. The molecule has 0 atom stereocenters. The molecule has 0 aliphatic rings. The minimum atomic E-state index is -0.428. The normalized spacial score (nSPS) is 9.85. The Hall–Kier alpha value is -0.830. The average Bonchev–Trinajstić information content (AvgIpc) is 2.03. The van der Waals surface area contributed by atoms with Gasteiger partial charge in [-0.25, -0.2) is 0 Å². The maximum absolute atomic E-state index is 11.2. The Kier molecular flexibility index (Phi) is 5.39. The molecular formula is C9H14ClNO2. The molecule has 13 heavy (non-hydrogen) atoms. The van der Waals surface area contributed by atoms with Crippen molar-refractivity contribution < 1.29 is 9.59 Å². The lowest BCUT2D eigenvalue weighted by molar-refractivity contribution is -0.128. The molecule has 0 aliphatic heterocycles. The Labute approximate surface area is 83.4 Å². The summed E-state index contributed by atoms with van der Waals surface area (Å²) in [4.78, 5) is 23.3. The van der Waals surface area contributed by atoms with Gasteiger partial charge in [-0.05, 0) is 31.5 Å². The van der Waals surface area contributed by atoms with Gasteiger partial charge >= 0.3 is 0 Å². The van der Waals surface area contributed by atoms with Crippen LogP contribution >= 0.6 is 11.6 Å². The summed E-state index contributed by atoms with van der Waals surface area (Å²) < 4.78 is 0. The first kappa shape index (κ1) is 12.2. The van der Waals surface area contributed by atoms with Crippen LogP contribution in [0.4, 0.5) is 0 Å². The molecule has 0 aliphatic carbocycles. The maximum atomic E-state index is 11.2. The lowest BCUT2D eigenvalue weighted by atomic mass is 10.3. The van der Waals surface area contributed by atoms with Gasteiger partial charge in [0.05, 0.1) is 0 Å². The van der Waals surface area contributed by atoms with Gasteiger partial charge in [0.2, 0.25) is 11.1 Å². The van der Waals surface area contributed by atoms with Crippen LogP contribution in [0.2, 0.25) is 0 Å². The smallest absolute Gasteiger partial charge is 0.246 e. The molecule has 1 amide bonds. The van der Waals surface area contributed by atoms with Crippen LogP contribution in [0.1, 0.15) is 20.3 Å². The van der Waals surface area contributed by atoms with E-state index in [4.69, 9.17) is 11.6 Å². The third-order valence-electron chi connectivity index (χ3n) is 1.63. The van der Waals surface area contributed by atoms with E-state index in [1.54, 1.807) is 4.90 Å². The number of carbonyl (C=O) groups excluding carboxylic acids is 2. The average molecular weight is 204 g/mol. The molecule has 74 valence electrons. The summed E-state index contributed by atoms with van der Waals surface area (Å²) >= 11 is 5.17. The van der Waals surface area contributed by atoms with Gasteiger partial charge in [0, 0.05) is 19.0 Å². The van der Waals surface area contributed by atoms with Crippen molar-refractivity contribution in [2.75, 3.05) is 6.54 Å². The maximum Gasteiger partial charge on any atom is 0.246 e. The number of halogens is 1. The molecule has 0 rings (SSSR count). The fourth-order valence-corrected chi connectivity index (χ4v) is 1.03. The van der Waals surface area contributed by atoms with Gasteiger partial charge in [0.15, 0.2) is 0 Å². The van der Waals surface area contributed by atoms with Crippen molar-refractivity contribution in [2.24, 2.45) is 0 Å². The van der Waals surface area contributed by atoms with Crippen molar-refractivity contribution in [3.8, 4) is 0 Å². The molecule has 0 spiro atoms. The van der Waals surface area contributed by atoms with Gasteiger partial charge in [0.1, 0.15) is 0 Å². The number of hydrogen-bond donors (Lipinski definition) is 0. The second-order valence-electron chi connectivity index (χ2n) is 2.93. The quantitative estimate of drug-likeness (QED) is 0.503. The summed E-state index contributed by atoms with van der Waals surface area (Å²) in [6.07, 6.45) is 1.41. The van der Waals surface area contributed by atoms with Crippen LogP contribution in [0, 0.1) is 0 Å². The number of amides is 1. The molecule has 0 saturated carbocycles. The van der Waals surface area contributed by atoms with Crippen molar-refractivity contribution in [1.29, 1.82) is 0 Å². The molecule has 0 bridgehead atoms. The molecule has 0 radical (unpaired) electrons. The zero-order valence-corrected chi connectivity index (χ0v) is 8.67. The lowest BCUT2D eigenvalue weighted by Gasteiger charge is -2.24. The van der Waals surface area contributed by atoms with Gasteiger partial charge in [-0.15, -0.1) is 0 Å². The number of nitrogens with zero attached hydrogens (tertiary/aromatic N) is 1. The van der Waals surface area contributed by atoms with Gasteiger partial charge in [-0.2, -0.15) is 0 Å². The minimum absolute atomic E-state index is 0.0570. The van der Waals surface area contributed by atoms with Crippen LogP contribution in [0.5, 0.6) is 0 Å². The summed E-state index contributed by atoms with van der Waals surface area (Å²) in [6.45, 7) is 7.48. The van der Waals surface area contributed by atoms with Crippen molar-refractivity contribution in [1.82, 2.24) is 4.90 Å². The van der Waals surface area contributed by atoms with E-state index in [2.05, 4.69) is 6.58 Å². The predicted molar refractivity (Wildman–Crippen MR) is 52.5 cm³/mol. The van der Waals surface area contributed by atoms with Crippen molar-refractivity contribution >= 4 is 22.8 Å². The molecule has 0 unspecified atom stereocenters. The Morgan fingerprint density at radius 2 is 2.08 bits per heavy atom. The Bertz CT molecular complexity index is 214. The molecule has 3 nitrogen and oxygen atoms in total. The Morgan fingerprint density at radius 1 is 1.54 bits per heavy atom. The third-order valence-corrected chi connectivity index (χ3v) is 1.82. The fraction of sp³-hybridized carbons (Fsp3) is 0.556. The highest BCUT2D eigenvalue weighted by atomic mass is 35.5. The zero-order chi connectivity index (χ0) is 10.4. The standard InChI is InChI=1S/C9H14ClNO2/c1-4-9(13)11(7(2)3)6-5-8(10)12/h4,7H,1,5-6H2,2-3H3. The van der Waals surface area contributed by atoms with Crippen LogP contribution in [0.15, 0.2) is 12.7 Å². The molecule has 0 aromatic carbocycles. The topological polar surface area (TPSA) is 37.4 Å². The van der Waals surface area contributed by atoms with Crippen LogP contribution in [-0.2, 0) is 9.59 Å². The van der Waals surface area contributed by atoms with Crippen molar-refractivity contribution in [3.63, 3.8) is 0 Å². The van der Waals surface area contributed by atoms with Gasteiger partial charge < -0.3 is 4.90 Å². The van der Waals surface area contributed by atoms with Crippen LogP contribution in [-0.4, -0.2) is 28.6 Å². The first-order chi connectivity index (χ1) is 5.99. The molecule has 0 aromatic heterocycles. The van der Waals surface area contributed by atoms with Crippen LogP contribution in [0.3, 0.4) is 0 Å². The van der Waals surface area contributed by atoms with E-state index >= 15 is 0 Å². The molecule has 0 heterocycles. The van der Waals surface area contributed by atoms with Gasteiger partial charge in [-0.3, -0.25) is 9.59 Å². The Balaban J connectivity index is 4.18. The summed E-state index contributed by atoms with van der Waals surface area (Å²) in [5.74, 6) is -0.173. The first-order valence-corrected chi connectivity index (χ1v) is 4.48. The van der Waals surface area contributed by atoms with Crippen molar-refractivity contribution in [3.05, 3.63) is 12.7 Å². The van der Waals surface area contributed by atoms with E-state index in [0.717, 1.165) is 0 Å². The largest absolute Gasteiger partial charge is 0.336 e.